The highest BCUT2D eigenvalue weighted by atomic mass is 16.4. The second-order valence-corrected chi connectivity index (χ2v) is 4.84. The lowest BCUT2D eigenvalue weighted by Gasteiger charge is -2.29. The molecule has 0 saturated heterocycles. The largest absolute Gasteiger partial charge is 0.481 e. The Morgan fingerprint density at radius 2 is 1.74 bits per heavy atom. The summed E-state index contributed by atoms with van der Waals surface area (Å²) >= 11 is 0. The van der Waals surface area contributed by atoms with Gasteiger partial charge in [-0.2, -0.15) is 0 Å². The maximum atomic E-state index is 12.1. The topological polar surface area (TPSA) is 121 Å². The van der Waals surface area contributed by atoms with Crippen LogP contribution in [0, 0.1) is 0 Å². The molecule has 1 rings (SSSR count). The van der Waals surface area contributed by atoms with E-state index >= 15 is 0 Å². The van der Waals surface area contributed by atoms with Crippen molar-refractivity contribution in [3.05, 3.63) is 0 Å². The Morgan fingerprint density at radius 1 is 1.16 bits per heavy atom. The molecule has 0 spiro atoms. The summed E-state index contributed by atoms with van der Waals surface area (Å²) in [6, 6.07) is -1.03. The second kappa shape index (κ2) is 7.08. The smallest absolute Gasteiger partial charge is 0.323 e. The van der Waals surface area contributed by atoms with Crippen LogP contribution in [0.15, 0.2) is 0 Å². The minimum Gasteiger partial charge on any atom is -0.481 e. The highest BCUT2D eigenvalue weighted by Gasteiger charge is 2.31. The third-order valence-corrected chi connectivity index (χ3v) is 3.34. The number of carboxylic acid groups (broad SMARTS) is 2. The maximum Gasteiger partial charge on any atom is 0.323 e. The van der Waals surface area contributed by atoms with Gasteiger partial charge in [-0.05, 0) is 19.3 Å². The number of rotatable bonds is 7. The minimum absolute atomic E-state index is 0.0248. The molecule has 7 nitrogen and oxygen atoms in total. The van der Waals surface area contributed by atoms with Crippen LogP contribution >= 0.6 is 0 Å². The van der Waals surface area contributed by atoms with Gasteiger partial charge < -0.3 is 20.8 Å². The van der Waals surface area contributed by atoms with Crippen LogP contribution in [-0.2, 0) is 14.4 Å². The summed E-state index contributed by atoms with van der Waals surface area (Å²) < 4.78 is 0. The van der Waals surface area contributed by atoms with Gasteiger partial charge in [0.15, 0.2) is 0 Å². The molecule has 1 aliphatic rings. The molecule has 1 fully saturated rings. The molecular weight excluding hydrogens is 252 g/mol. The Kier molecular flexibility index (Phi) is 5.75. The minimum atomic E-state index is -1.08. The third-order valence-electron chi connectivity index (χ3n) is 3.34. The molecule has 1 unspecified atom stereocenters. The Hall–Kier alpha value is -1.63. The average molecular weight is 272 g/mol. The number of nitrogens with zero attached hydrogens (tertiary/aromatic N) is 1. The van der Waals surface area contributed by atoms with Gasteiger partial charge in [0.1, 0.15) is 6.54 Å². The molecule has 1 atom stereocenters. The summed E-state index contributed by atoms with van der Waals surface area (Å²) in [6.45, 7) is -0.371. The zero-order valence-electron chi connectivity index (χ0n) is 10.7. The summed E-state index contributed by atoms with van der Waals surface area (Å²) in [5.41, 5.74) is 5.66. The number of hydrogen-bond acceptors (Lipinski definition) is 4. The molecule has 1 amide bonds. The molecule has 0 aliphatic heterocycles. The number of carboxylic acids is 2. The molecule has 7 heteroatoms. The van der Waals surface area contributed by atoms with Gasteiger partial charge in [-0.25, -0.2) is 0 Å². The number of carbonyl (C=O) groups is 3. The van der Waals surface area contributed by atoms with E-state index in [9.17, 15) is 14.4 Å². The van der Waals surface area contributed by atoms with Crippen molar-refractivity contribution in [2.45, 2.75) is 50.6 Å². The van der Waals surface area contributed by atoms with E-state index in [4.69, 9.17) is 15.9 Å². The number of aliphatic carboxylic acids is 2. The zero-order chi connectivity index (χ0) is 14.4. The van der Waals surface area contributed by atoms with Crippen molar-refractivity contribution in [1.29, 1.82) is 0 Å². The summed E-state index contributed by atoms with van der Waals surface area (Å²) in [5, 5.41) is 17.4. The molecule has 0 bridgehead atoms. The molecule has 4 N–H and O–H groups in total. The molecule has 108 valence electrons. The van der Waals surface area contributed by atoms with Crippen molar-refractivity contribution in [3.63, 3.8) is 0 Å². The van der Waals surface area contributed by atoms with Crippen molar-refractivity contribution in [1.82, 2.24) is 4.90 Å². The van der Waals surface area contributed by atoms with Crippen LogP contribution in [0.25, 0.3) is 0 Å². The Balaban J connectivity index is 2.64. The van der Waals surface area contributed by atoms with Crippen LogP contribution < -0.4 is 5.73 Å². The van der Waals surface area contributed by atoms with Crippen LogP contribution in [0.5, 0.6) is 0 Å². The van der Waals surface area contributed by atoms with E-state index in [1.54, 1.807) is 0 Å². The van der Waals surface area contributed by atoms with Gasteiger partial charge >= 0.3 is 11.9 Å². The second-order valence-electron chi connectivity index (χ2n) is 4.84. The first kappa shape index (κ1) is 15.4. The third kappa shape index (κ3) is 4.86. The standard InChI is InChI=1S/C12H20N2O5/c13-9(5-6-10(15)16)12(19)14(7-11(17)18)8-3-1-2-4-8/h8-9H,1-7,13H2,(H,15,16)(H,17,18). The van der Waals surface area contributed by atoms with Gasteiger partial charge in [0.2, 0.25) is 5.91 Å². The lowest BCUT2D eigenvalue weighted by Crippen LogP contribution is -2.50. The van der Waals surface area contributed by atoms with E-state index in [1.165, 1.54) is 4.90 Å². The molecule has 1 aliphatic carbocycles. The van der Waals surface area contributed by atoms with E-state index in [0.29, 0.717) is 0 Å². The fraction of sp³-hybridized carbons (Fsp3) is 0.750. The molecule has 0 aromatic rings. The number of hydrogen-bond donors (Lipinski definition) is 3. The lowest BCUT2D eigenvalue weighted by atomic mass is 10.1. The van der Waals surface area contributed by atoms with E-state index in [1.807, 2.05) is 0 Å². The number of carbonyl (C=O) groups excluding carboxylic acids is 1. The van der Waals surface area contributed by atoms with Crippen molar-refractivity contribution >= 4 is 17.8 Å². The quantitative estimate of drug-likeness (QED) is 0.601. The summed E-state index contributed by atoms with van der Waals surface area (Å²) in [5.74, 6) is -2.56. The first-order valence-electron chi connectivity index (χ1n) is 6.41. The molecule has 0 heterocycles. The van der Waals surface area contributed by atoms with Gasteiger partial charge in [0.05, 0.1) is 6.04 Å². The van der Waals surface area contributed by atoms with Crippen LogP contribution in [0.3, 0.4) is 0 Å². The molecule has 0 aromatic carbocycles. The van der Waals surface area contributed by atoms with Crippen LogP contribution in [-0.4, -0.2) is 51.6 Å². The van der Waals surface area contributed by atoms with Crippen molar-refractivity contribution in [2.24, 2.45) is 5.73 Å². The fourth-order valence-electron chi connectivity index (χ4n) is 2.36. The average Bonchev–Trinajstić information content (AvgIpc) is 2.85. The first-order valence-corrected chi connectivity index (χ1v) is 6.41. The van der Waals surface area contributed by atoms with Gasteiger partial charge in [-0.1, -0.05) is 12.8 Å². The van der Waals surface area contributed by atoms with E-state index in [-0.39, 0.29) is 25.4 Å². The summed E-state index contributed by atoms with van der Waals surface area (Å²) in [7, 11) is 0. The summed E-state index contributed by atoms with van der Waals surface area (Å²) in [4.78, 5) is 34.7. The highest BCUT2D eigenvalue weighted by molar-refractivity contribution is 5.86. The maximum absolute atomic E-state index is 12.1. The van der Waals surface area contributed by atoms with Gasteiger partial charge in [0, 0.05) is 12.5 Å². The van der Waals surface area contributed by atoms with Crippen molar-refractivity contribution in [2.75, 3.05) is 6.54 Å². The first-order chi connectivity index (χ1) is 8.91. The van der Waals surface area contributed by atoms with Crippen LogP contribution in [0.1, 0.15) is 38.5 Å². The van der Waals surface area contributed by atoms with Gasteiger partial charge in [0.25, 0.3) is 0 Å². The molecular formula is C12H20N2O5. The van der Waals surface area contributed by atoms with Crippen LogP contribution in [0.4, 0.5) is 0 Å². The molecule has 0 radical (unpaired) electrons. The lowest BCUT2D eigenvalue weighted by molar-refractivity contribution is -0.147. The molecule has 1 saturated carbocycles. The Bertz CT molecular complexity index is 352. The van der Waals surface area contributed by atoms with E-state index in [2.05, 4.69) is 0 Å². The summed E-state index contributed by atoms with van der Waals surface area (Å²) in [6.07, 6.45) is 3.34. The highest BCUT2D eigenvalue weighted by Crippen LogP contribution is 2.24. The van der Waals surface area contributed by atoms with Crippen molar-refractivity contribution < 1.29 is 24.6 Å². The zero-order valence-corrected chi connectivity index (χ0v) is 10.7. The SMILES string of the molecule is NC(CCC(=O)O)C(=O)N(CC(=O)O)C1CCCC1. The normalized spacial score (nSPS) is 17.1. The predicted molar refractivity (Wildman–Crippen MR) is 66.5 cm³/mol. The predicted octanol–water partition coefficient (Wildman–Crippen LogP) is 0.0343. The fourth-order valence-corrected chi connectivity index (χ4v) is 2.36. The van der Waals surface area contributed by atoms with E-state index in [0.717, 1.165) is 25.7 Å². The number of amides is 1. The molecule has 0 aromatic heterocycles. The van der Waals surface area contributed by atoms with Gasteiger partial charge in [-0.15, -0.1) is 0 Å². The van der Waals surface area contributed by atoms with Gasteiger partial charge in [-0.3, -0.25) is 14.4 Å². The monoisotopic (exact) mass is 272 g/mol. The number of nitrogens with two attached hydrogens (primary N) is 1. The van der Waals surface area contributed by atoms with E-state index < -0.39 is 23.9 Å². The molecule has 19 heavy (non-hydrogen) atoms. The van der Waals surface area contributed by atoms with Crippen molar-refractivity contribution in [3.8, 4) is 0 Å². The Morgan fingerprint density at radius 3 is 2.21 bits per heavy atom. The Labute approximate surface area is 111 Å². The van der Waals surface area contributed by atoms with Crippen LogP contribution in [0.2, 0.25) is 0 Å².